The molecule has 0 spiro atoms. The van der Waals surface area contributed by atoms with E-state index in [0.717, 1.165) is 20.5 Å². The third-order valence-corrected chi connectivity index (χ3v) is 6.64. The van der Waals surface area contributed by atoms with E-state index in [1.807, 2.05) is 31.2 Å². The standard InChI is InChI=1S/C27H22Br2N2O5/c1-3-35-23-13-18(21(29)14-24(23)36-15-17-8-10-19(28)11-9-17)12-20-25(32)30-27(34)31(26(20)33)22-7-5-4-6-16(22)2/h4-14H,3,15H2,1-2H3,(H,30,32,34)/b20-12+. The third-order valence-electron chi connectivity index (χ3n) is 5.43. The van der Waals surface area contributed by atoms with E-state index in [4.69, 9.17) is 9.47 Å². The fraction of sp³-hybridized carbons (Fsp3) is 0.148. The van der Waals surface area contributed by atoms with Gasteiger partial charge in [-0.1, -0.05) is 62.2 Å². The fourth-order valence-corrected chi connectivity index (χ4v) is 4.33. The van der Waals surface area contributed by atoms with Crippen molar-refractivity contribution in [3.63, 3.8) is 0 Å². The number of benzene rings is 3. The Balaban J connectivity index is 1.67. The van der Waals surface area contributed by atoms with Crippen molar-refractivity contribution < 1.29 is 23.9 Å². The average molecular weight is 614 g/mol. The molecule has 1 fully saturated rings. The highest BCUT2D eigenvalue weighted by atomic mass is 79.9. The highest BCUT2D eigenvalue weighted by Crippen LogP contribution is 2.36. The van der Waals surface area contributed by atoms with Gasteiger partial charge in [-0.05, 0) is 66.9 Å². The van der Waals surface area contributed by atoms with Crippen LogP contribution in [-0.2, 0) is 16.2 Å². The molecule has 4 amide bonds. The number of nitrogens with one attached hydrogen (secondary N) is 1. The monoisotopic (exact) mass is 612 g/mol. The average Bonchev–Trinajstić information content (AvgIpc) is 2.84. The molecule has 184 valence electrons. The second-order valence-electron chi connectivity index (χ2n) is 7.91. The first-order valence-electron chi connectivity index (χ1n) is 11.1. The molecule has 1 N–H and O–H groups in total. The molecular weight excluding hydrogens is 592 g/mol. The molecule has 0 unspecified atom stereocenters. The second-order valence-corrected chi connectivity index (χ2v) is 9.68. The van der Waals surface area contributed by atoms with Crippen LogP contribution in [0.1, 0.15) is 23.6 Å². The summed E-state index contributed by atoms with van der Waals surface area (Å²) in [6.45, 7) is 4.35. The number of barbiturate groups is 1. The molecule has 1 aliphatic rings. The first kappa shape index (κ1) is 25.7. The van der Waals surface area contributed by atoms with Crippen molar-refractivity contribution in [3.05, 3.63) is 91.9 Å². The van der Waals surface area contributed by atoms with E-state index in [1.54, 1.807) is 43.3 Å². The SMILES string of the molecule is CCOc1cc(/C=C2\C(=O)NC(=O)N(c3ccccc3C)C2=O)c(Br)cc1OCc1ccc(Br)cc1. The normalized spacial score (nSPS) is 14.7. The summed E-state index contributed by atoms with van der Waals surface area (Å²) < 4.78 is 13.3. The summed E-state index contributed by atoms with van der Waals surface area (Å²) in [7, 11) is 0. The Hall–Kier alpha value is -3.43. The Labute approximate surface area is 225 Å². The highest BCUT2D eigenvalue weighted by molar-refractivity contribution is 9.10. The molecular formula is C27H22Br2N2O5. The van der Waals surface area contributed by atoms with Gasteiger partial charge in [0.05, 0.1) is 12.3 Å². The number of amides is 4. The molecule has 7 nitrogen and oxygen atoms in total. The number of urea groups is 1. The molecule has 3 aromatic carbocycles. The lowest BCUT2D eigenvalue weighted by molar-refractivity contribution is -0.122. The number of nitrogens with zero attached hydrogens (tertiary/aromatic N) is 1. The van der Waals surface area contributed by atoms with Crippen LogP contribution in [0.25, 0.3) is 6.08 Å². The van der Waals surface area contributed by atoms with E-state index in [1.165, 1.54) is 6.08 Å². The summed E-state index contributed by atoms with van der Waals surface area (Å²) in [5.74, 6) is -0.515. The van der Waals surface area contributed by atoms with Crippen molar-refractivity contribution in [3.8, 4) is 11.5 Å². The Morgan fingerprint density at radius 3 is 2.33 bits per heavy atom. The summed E-state index contributed by atoms with van der Waals surface area (Å²) in [5, 5.41) is 2.25. The van der Waals surface area contributed by atoms with E-state index in [-0.39, 0.29) is 5.57 Å². The van der Waals surface area contributed by atoms with Crippen LogP contribution < -0.4 is 19.7 Å². The van der Waals surface area contributed by atoms with E-state index < -0.39 is 17.8 Å². The molecule has 9 heteroatoms. The zero-order valence-electron chi connectivity index (χ0n) is 19.5. The minimum absolute atomic E-state index is 0.176. The number of aryl methyl sites for hydroxylation is 1. The Morgan fingerprint density at radius 2 is 1.64 bits per heavy atom. The maximum absolute atomic E-state index is 13.3. The van der Waals surface area contributed by atoms with Crippen molar-refractivity contribution in [1.82, 2.24) is 5.32 Å². The minimum atomic E-state index is -0.790. The van der Waals surface area contributed by atoms with Crippen molar-refractivity contribution in [2.24, 2.45) is 0 Å². The molecule has 3 aromatic rings. The van der Waals surface area contributed by atoms with Crippen LogP contribution in [0.3, 0.4) is 0 Å². The Bertz CT molecular complexity index is 1370. The number of hydrogen-bond acceptors (Lipinski definition) is 5. The van der Waals surface area contributed by atoms with Gasteiger partial charge < -0.3 is 9.47 Å². The predicted octanol–water partition coefficient (Wildman–Crippen LogP) is 6.16. The maximum Gasteiger partial charge on any atom is 0.335 e. The molecule has 0 radical (unpaired) electrons. The molecule has 1 heterocycles. The molecule has 1 saturated heterocycles. The van der Waals surface area contributed by atoms with Gasteiger partial charge in [-0.2, -0.15) is 0 Å². The van der Waals surface area contributed by atoms with Crippen LogP contribution >= 0.6 is 31.9 Å². The predicted molar refractivity (Wildman–Crippen MR) is 144 cm³/mol. The molecule has 0 atom stereocenters. The molecule has 4 rings (SSSR count). The van der Waals surface area contributed by atoms with E-state index in [2.05, 4.69) is 37.2 Å². The number of carbonyl (C=O) groups is 3. The molecule has 1 aliphatic heterocycles. The van der Waals surface area contributed by atoms with Gasteiger partial charge in [-0.25, -0.2) is 9.69 Å². The van der Waals surface area contributed by atoms with Gasteiger partial charge in [0.1, 0.15) is 12.2 Å². The number of anilines is 1. The minimum Gasteiger partial charge on any atom is -0.490 e. The van der Waals surface area contributed by atoms with Crippen molar-refractivity contribution >= 4 is 61.5 Å². The van der Waals surface area contributed by atoms with Gasteiger partial charge in [0.15, 0.2) is 11.5 Å². The number of carbonyl (C=O) groups excluding carboxylic acids is 3. The molecule has 0 saturated carbocycles. The van der Waals surface area contributed by atoms with Crippen LogP contribution in [0.4, 0.5) is 10.5 Å². The van der Waals surface area contributed by atoms with Crippen LogP contribution in [0.15, 0.2) is 75.2 Å². The molecule has 0 aromatic heterocycles. The number of imide groups is 2. The topological polar surface area (TPSA) is 84.9 Å². The number of halogens is 2. The van der Waals surface area contributed by atoms with E-state index in [0.29, 0.717) is 40.4 Å². The third kappa shape index (κ3) is 5.52. The van der Waals surface area contributed by atoms with Crippen LogP contribution in [0.2, 0.25) is 0 Å². The van der Waals surface area contributed by atoms with Gasteiger partial charge in [0, 0.05) is 8.95 Å². The van der Waals surface area contributed by atoms with E-state index >= 15 is 0 Å². The molecule has 0 bridgehead atoms. The molecule has 0 aliphatic carbocycles. The lowest BCUT2D eigenvalue weighted by Gasteiger charge is -2.27. The summed E-state index contributed by atoms with van der Waals surface area (Å²) in [6.07, 6.45) is 1.43. The quantitative estimate of drug-likeness (QED) is 0.255. The highest BCUT2D eigenvalue weighted by Gasteiger charge is 2.37. The van der Waals surface area contributed by atoms with Crippen LogP contribution in [-0.4, -0.2) is 24.5 Å². The number of hydrogen-bond donors (Lipinski definition) is 1. The van der Waals surface area contributed by atoms with Crippen molar-refractivity contribution in [2.45, 2.75) is 20.5 Å². The summed E-state index contributed by atoms with van der Waals surface area (Å²) >= 11 is 6.93. The van der Waals surface area contributed by atoms with Gasteiger partial charge >= 0.3 is 6.03 Å². The first-order chi connectivity index (χ1) is 17.3. The van der Waals surface area contributed by atoms with Crippen molar-refractivity contribution in [1.29, 1.82) is 0 Å². The summed E-state index contributed by atoms with van der Waals surface area (Å²) in [5.41, 5.74) is 2.45. The van der Waals surface area contributed by atoms with Gasteiger partial charge in [-0.3, -0.25) is 14.9 Å². The summed E-state index contributed by atoms with van der Waals surface area (Å²) in [6, 6.07) is 17.4. The fourth-order valence-electron chi connectivity index (χ4n) is 3.63. The number of rotatable bonds is 7. The zero-order chi connectivity index (χ0) is 25.8. The Morgan fingerprint density at radius 1 is 0.944 bits per heavy atom. The van der Waals surface area contributed by atoms with E-state index in [9.17, 15) is 14.4 Å². The zero-order valence-corrected chi connectivity index (χ0v) is 22.7. The maximum atomic E-state index is 13.3. The largest absolute Gasteiger partial charge is 0.490 e. The summed E-state index contributed by atoms with van der Waals surface area (Å²) in [4.78, 5) is 39.4. The molecule has 36 heavy (non-hydrogen) atoms. The number of para-hydroxylation sites is 1. The second kappa shape index (κ2) is 11.1. The number of ether oxygens (including phenoxy) is 2. The van der Waals surface area contributed by atoms with Gasteiger partial charge in [0.25, 0.3) is 11.8 Å². The smallest absolute Gasteiger partial charge is 0.335 e. The Kier molecular flexibility index (Phi) is 7.91. The van der Waals surface area contributed by atoms with Gasteiger partial charge in [0.2, 0.25) is 0 Å². The lowest BCUT2D eigenvalue weighted by Crippen LogP contribution is -2.54. The first-order valence-corrected chi connectivity index (χ1v) is 12.7. The van der Waals surface area contributed by atoms with Gasteiger partial charge in [-0.15, -0.1) is 0 Å². The van der Waals surface area contributed by atoms with Crippen LogP contribution in [0, 0.1) is 6.92 Å². The van der Waals surface area contributed by atoms with Crippen LogP contribution in [0.5, 0.6) is 11.5 Å². The lowest BCUT2D eigenvalue weighted by atomic mass is 10.1. The van der Waals surface area contributed by atoms with Crippen molar-refractivity contribution in [2.75, 3.05) is 11.5 Å².